The summed E-state index contributed by atoms with van der Waals surface area (Å²) >= 11 is 11.4. The summed E-state index contributed by atoms with van der Waals surface area (Å²) in [6, 6.07) is 4.87. The Morgan fingerprint density at radius 3 is 1.93 bits per heavy atom. The van der Waals surface area contributed by atoms with E-state index in [0.29, 0.717) is 15.7 Å². The van der Waals surface area contributed by atoms with Gasteiger partial charge in [-0.25, -0.2) is 0 Å². The second kappa shape index (κ2) is 6.68. The highest BCUT2D eigenvalue weighted by molar-refractivity contribution is 6.35. The van der Waals surface area contributed by atoms with Crippen LogP contribution in [0.3, 0.4) is 0 Å². The zero-order chi connectivity index (χ0) is 11.1. The Kier molecular flexibility index (Phi) is 6.34. The maximum absolute atomic E-state index is 10.6. The Balaban J connectivity index is 0.000000791. The molecule has 78 valence electrons. The van der Waals surface area contributed by atoms with E-state index in [9.17, 15) is 4.79 Å². The second-order valence-corrected chi connectivity index (χ2v) is 3.21. The standard InChI is InChI=1S/C8H7Cl2NO.C2H6/c1-5(12)11-8-3-6(9)2-7(10)4-8;1-2/h2-4H,1H3,(H,11,12);1-2H3. The van der Waals surface area contributed by atoms with Crippen LogP contribution in [-0.4, -0.2) is 5.91 Å². The van der Waals surface area contributed by atoms with Crippen LogP contribution in [0.1, 0.15) is 20.8 Å². The summed E-state index contributed by atoms with van der Waals surface area (Å²) in [5, 5.41) is 3.59. The van der Waals surface area contributed by atoms with Crippen LogP contribution in [-0.2, 0) is 4.79 Å². The minimum Gasteiger partial charge on any atom is -0.326 e. The Hall–Kier alpha value is -0.730. The van der Waals surface area contributed by atoms with E-state index >= 15 is 0 Å². The van der Waals surface area contributed by atoms with Crippen LogP contribution in [0.25, 0.3) is 0 Å². The molecule has 0 radical (unpaired) electrons. The normalized spacial score (nSPS) is 8.64. The number of rotatable bonds is 1. The summed E-state index contributed by atoms with van der Waals surface area (Å²) in [4.78, 5) is 10.6. The molecule has 0 saturated carbocycles. The van der Waals surface area contributed by atoms with Crippen LogP contribution in [0.2, 0.25) is 10.0 Å². The largest absolute Gasteiger partial charge is 0.326 e. The summed E-state index contributed by atoms with van der Waals surface area (Å²) in [5.74, 6) is -0.145. The Morgan fingerprint density at radius 2 is 1.57 bits per heavy atom. The monoisotopic (exact) mass is 233 g/mol. The van der Waals surface area contributed by atoms with E-state index in [1.165, 1.54) is 6.92 Å². The van der Waals surface area contributed by atoms with E-state index in [-0.39, 0.29) is 5.91 Å². The molecule has 0 aromatic heterocycles. The highest BCUT2D eigenvalue weighted by Gasteiger charge is 1.98. The quantitative estimate of drug-likeness (QED) is 0.782. The van der Waals surface area contributed by atoms with Crippen LogP contribution in [0.15, 0.2) is 18.2 Å². The first kappa shape index (κ1) is 13.3. The van der Waals surface area contributed by atoms with Gasteiger partial charge < -0.3 is 5.32 Å². The van der Waals surface area contributed by atoms with Crippen LogP contribution in [0, 0.1) is 0 Å². The van der Waals surface area contributed by atoms with Gasteiger partial charge >= 0.3 is 0 Å². The molecule has 14 heavy (non-hydrogen) atoms. The third-order valence-electron chi connectivity index (χ3n) is 1.18. The average Bonchev–Trinajstić information content (AvgIpc) is 2.04. The van der Waals surface area contributed by atoms with Gasteiger partial charge in [0.15, 0.2) is 0 Å². The fourth-order valence-corrected chi connectivity index (χ4v) is 1.36. The number of nitrogens with one attached hydrogen (secondary N) is 1. The third-order valence-corrected chi connectivity index (χ3v) is 1.62. The lowest BCUT2D eigenvalue weighted by atomic mass is 10.3. The van der Waals surface area contributed by atoms with Crippen molar-refractivity contribution in [1.29, 1.82) is 0 Å². The molecule has 2 nitrogen and oxygen atoms in total. The number of halogens is 2. The van der Waals surface area contributed by atoms with Gasteiger partial charge in [0.25, 0.3) is 0 Å². The molecule has 0 atom stereocenters. The molecule has 4 heteroatoms. The molecule has 1 rings (SSSR count). The molecule has 0 aliphatic carbocycles. The Morgan fingerprint density at radius 1 is 1.14 bits per heavy atom. The van der Waals surface area contributed by atoms with E-state index in [4.69, 9.17) is 23.2 Å². The molecule has 1 N–H and O–H groups in total. The average molecular weight is 234 g/mol. The Labute approximate surface area is 94.2 Å². The van der Waals surface area contributed by atoms with Crippen LogP contribution >= 0.6 is 23.2 Å². The smallest absolute Gasteiger partial charge is 0.221 e. The lowest BCUT2D eigenvalue weighted by Crippen LogP contribution is -2.05. The van der Waals surface area contributed by atoms with Crippen molar-refractivity contribution in [1.82, 2.24) is 0 Å². The van der Waals surface area contributed by atoms with Crippen molar-refractivity contribution in [2.45, 2.75) is 20.8 Å². The highest BCUT2D eigenvalue weighted by Crippen LogP contribution is 2.22. The lowest BCUT2D eigenvalue weighted by Gasteiger charge is -2.02. The zero-order valence-electron chi connectivity index (χ0n) is 8.40. The maximum Gasteiger partial charge on any atom is 0.221 e. The number of hydrogen-bond donors (Lipinski definition) is 1. The van der Waals surface area contributed by atoms with Gasteiger partial charge in [-0.05, 0) is 18.2 Å². The van der Waals surface area contributed by atoms with Crippen molar-refractivity contribution in [3.8, 4) is 0 Å². The molecular formula is C10H13Cl2NO. The van der Waals surface area contributed by atoms with E-state index in [2.05, 4.69) is 5.32 Å². The fourth-order valence-electron chi connectivity index (χ4n) is 0.829. The summed E-state index contributed by atoms with van der Waals surface area (Å²) in [6.07, 6.45) is 0. The summed E-state index contributed by atoms with van der Waals surface area (Å²) < 4.78 is 0. The van der Waals surface area contributed by atoms with E-state index in [1.54, 1.807) is 18.2 Å². The second-order valence-electron chi connectivity index (χ2n) is 2.34. The van der Waals surface area contributed by atoms with Gasteiger partial charge in [0, 0.05) is 22.7 Å². The topological polar surface area (TPSA) is 29.1 Å². The zero-order valence-corrected chi connectivity index (χ0v) is 9.91. The number of carbonyl (C=O) groups excluding carboxylic acids is 1. The van der Waals surface area contributed by atoms with Crippen molar-refractivity contribution in [3.05, 3.63) is 28.2 Å². The van der Waals surface area contributed by atoms with Crippen LogP contribution in [0.4, 0.5) is 5.69 Å². The summed E-state index contributed by atoms with van der Waals surface area (Å²) in [5.41, 5.74) is 0.611. The molecule has 0 spiro atoms. The van der Waals surface area contributed by atoms with Gasteiger partial charge in [-0.2, -0.15) is 0 Å². The number of hydrogen-bond acceptors (Lipinski definition) is 1. The van der Waals surface area contributed by atoms with Crippen molar-refractivity contribution in [2.75, 3.05) is 5.32 Å². The summed E-state index contributed by atoms with van der Waals surface area (Å²) in [7, 11) is 0. The molecule has 0 bridgehead atoms. The molecule has 1 aromatic carbocycles. The van der Waals surface area contributed by atoms with Gasteiger partial charge in [-0.15, -0.1) is 0 Å². The first-order chi connectivity index (χ1) is 6.58. The number of benzene rings is 1. The molecule has 0 heterocycles. The molecule has 0 aliphatic heterocycles. The number of amides is 1. The van der Waals surface area contributed by atoms with Crippen molar-refractivity contribution in [2.24, 2.45) is 0 Å². The highest BCUT2D eigenvalue weighted by atomic mass is 35.5. The van der Waals surface area contributed by atoms with Gasteiger partial charge in [0.2, 0.25) is 5.91 Å². The molecule has 0 aliphatic rings. The third kappa shape index (κ3) is 5.10. The van der Waals surface area contributed by atoms with Gasteiger partial charge in [-0.1, -0.05) is 37.0 Å². The van der Waals surface area contributed by atoms with Crippen molar-refractivity contribution >= 4 is 34.8 Å². The maximum atomic E-state index is 10.6. The molecule has 1 amide bonds. The molecule has 0 saturated heterocycles. The minimum absolute atomic E-state index is 0.145. The number of anilines is 1. The predicted molar refractivity (Wildman–Crippen MR) is 62.1 cm³/mol. The lowest BCUT2D eigenvalue weighted by molar-refractivity contribution is -0.114. The minimum atomic E-state index is -0.145. The van der Waals surface area contributed by atoms with Crippen molar-refractivity contribution in [3.63, 3.8) is 0 Å². The fraction of sp³-hybridized carbons (Fsp3) is 0.300. The summed E-state index contributed by atoms with van der Waals surface area (Å²) in [6.45, 7) is 5.43. The van der Waals surface area contributed by atoms with Crippen LogP contribution < -0.4 is 5.32 Å². The predicted octanol–water partition coefficient (Wildman–Crippen LogP) is 3.98. The number of carbonyl (C=O) groups is 1. The molecular weight excluding hydrogens is 221 g/mol. The molecule has 0 unspecified atom stereocenters. The van der Waals surface area contributed by atoms with E-state index in [1.807, 2.05) is 13.8 Å². The van der Waals surface area contributed by atoms with Crippen molar-refractivity contribution < 1.29 is 4.79 Å². The van der Waals surface area contributed by atoms with Gasteiger partial charge in [0.05, 0.1) is 0 Å². The SMILES string of the molecule is CC.CC(=O)Nc1cc(Cl)cc(Cl)c1. The van der Waals surface area contributed by atoms with E-state index in [0.717, 1.165) is 0 Å². The Bertz CT molecular complexity index is 293. The first-order valence-corrected chi connectivity index (χ1v) is 5.07. The first-order valence-electron chi connectivity index (χ1n) is 4.31. The van der Waals surface area contributed by atoms with Gasteiger partial charge in [0.1, 0.15) is 0 Å². The molecule has 1 aromatic rings. The molecule has 0 fully saturated rings. The van der Waals surface area contributed by atoms with Gasteiger partial charge in [-0.3, -0.25) is 4.79 Å². The van der Waals surface area contributed by atoms with Crippen LogP contribution in [0.5, 0.6) is 0 Å². The van der Waals surface area contributed by atoms with E-state index < -0.39 is 0 Å².